The van der Waals surface area contributed by atoms with Crippen LogP contribution in [0, 0.1) is 17.8 Å². The fourth-order valence-corrected chi connectivity index (χ4v) is 2.80. The summed E-state index contributed by atoms with van der Waals surface area (Å²) >= 11 is 0. The molecule has 2 aliphatic rings. The van der Waals surface area contributed by atoms with Crippen molar-refractivity contribution >= 4 is 5.91 Å². The molecule has 1 atom stereocenters. The van der Waals surface area contributed by atoms with Crippen molar-refractivity contribution in [2.45, 2.75) is 45.1 Å². The molecule has 104 valence electrons. The van der Waals surface area contributed by atoms with Gasteiger partial charge < -0.3 is 16.4 Å². The first-order valence-electron chi connectivity index (χ1n) is 7.44. The van der Waals surface area contributed by atoms with Crippen LogP contribution in [-0.4, -0.2) is 31.6 Å². The Kier molecular flexibility index (Phi) is 5.01. The SMILES string of the molecule is CCNC(=O)CC(CN)NCC(C1CC1)C1CC1. The highest BCUT2D eigenvalue weighted by Crippen LogP contribution is 2.48. The van der Waals surface area contributed by atoms with E-state index in [1.165, 1.54) is 25.7 Å². The van der Waals surface area contributed by atoms with Crippen LogP contribution in [0.3, 0.4) is 0 Å². The van der Waals surface area contributed by atoms with Crippen LogP contribution in [0.1, 0.15) is 39.0 Å². The minimum atomic E-state index is 0.106. The van der Waals surface area contributed by atoms with Crippen molar-refractivity contribution in [1.29, 1.82) is 0 Å². The standard InChI is InChI=1S/C14H27N3O/c1-2-16-14(18)7-12(8-15)17-9-13(10-3-4-10)11-5-6-11/h10-13,17H,2-9,15H2,1H3,(H,16,18). The molecule has 0 aromatic rings. The molecule has 0 spiro atoms. The van der Waals surface area contributed by atoms with Gasteiger partial charge in [-0.05, 0) is 56.9 Å². The zero-order valence-electron chi connectivity index (χ0n) is 11.5. The summed E-state index contributed by atoms with van der Waals surface area (Å²) in [6.07, 6.45) is 6.14. The van der Waals surface area contributed by atoms with Gasteiger partial charge in [0, 0.05) is 25.6 Å². The van der Waals surface area contributed by atoms with Gasteiger partial charge in [0.15, 0.2) is 0 Å². The molecule has 4 heteroatoms. The van der Waals surface area contributed by atoms with Gasteiger partial charge >= 0.3 is 0 Å². The first-order chi connectivity index (χ1) is 8.74. The fraction of sp³-hybridized carbons (Fsp3) is 0.929. The highest BCUT2D eigenvalue weighted by molar-refractivity contribution is 5.76. The quantitative estimate of drug-likeness (QED) is 0.571. The predicted octanol–water partition coefficient (Wildman–Crippen LogP) is 0.866. The average Bonchev–Trinajstić information content (AvgIpc) is 3.21. The number of carbonyl (C=O) groups excluding carboxylic acids is 1. The summed E-state index contributed by atoms with van der Waals surface area (Å²) in [5, 5.41) is 6.35. The maximum Gasteiger partial charge on any atom is 0.221 e. The van der Waals surface area contributed by atoms with Crippen LogP contribution in [0.25, 0.3) is 0 Å². The molecule has 1 amide bonds. The van der Waals surface area contributed by atoms with Crippen LogP contribution in [0.5, 0.6) is 0 Å². The van der Waals surface area contributed by atoms with Crippen molar-refractivity contribution in [3.8, 4) is 0 Å². The van der Waals surface area contributed by atoms with E-state index in [0.29, 0.717) is 19.5 Å². The minimum Gasteiger partial charge on any atom is -0.356 e. The zero-order chi connectivity index (χ0) is 13.0. The molecule has 0 aromatic carbocycles. The summed E-state index contributed by atoms with van der Waals surface area (Å²) in [4.78, 5) is 11.5. The largest absolute Gasteiger partial charge is 0.356 e. The normalized spacial score (nSPS) is 21.1. The van der Waals surface area contributed by atoms with Crippen molar-refractivity contribution in [1.82, 2.24) is 10.6 Å². The van der Waals surface area contributed by atoms with Gasteiger partial charge in [-0.3, -0.25) is 4.79 Å². The van der Waals surface area contributed by atoms with E-state index >= 15 is 0 Å². The number of nitrogens with one attached hydrogen (secondary N) is 2. The third kappa shape index (κ3) is 4.25. The molecular formula is C14H27N3O. The smallest absolute Gasteiger partial charge is 0.221 e. The van der Waals surface area contributed by atoms with Crippen molar-refractivity contribution in [3.05, 3.63) is 0 Å². The molecular weight excluding hydrogens is 226 g/mol. The Morgan fingerprint density at radius 1 is 1.28 bits per heavy atom. The number of nitrogens with two attached hydrogens (primary N) is 1. The highest BCUT2D eigenvalue weighted by Gasteiger charge is 2.41. The molecule has 4 nitrogen and oxygen atoms in total. The van der Waals surface area contributed by atoms with Gasteiger partial charge in [0.25, 0.3) is 0 Å². The van der Waals surface area contributed by atoms with E-state index in [1.807, 2.05) is 6.92 Å². The maximum absolute atomic E-state index is 11.5. The molecule has 2 fully saturated rings. The highest BCUT2D eigenvalue weighted by atomic mass is 16.1. The third-order valence-electron chi connectivity index (χ3n) is 4.19. The Balaban J connectivity index is 1.70. The van der Waals surface area contributed by atoms with Crippen LogP contribution < -0.4 is 16.4 Å². The maximum atomic E-state index is 11.5. The minimum absolute atomic E-state index is 0.106. The lowest BCUT2D eigenvalue weighted by Crippen LogP contribution is -2.43. The molecule has 2 saturated carbocycles. The van der Waals surface area contributed by atoms with Gasteiger partial charge in [-0.2, -0.15) is 0 Å². The second kappa shape index (κ2) is 6.53. The Bertz CT molecular complexity index is 262. The van der Waals surface area contributed by atoms with E-state index in [-0.39, 0.29) is 11.9 Å². The number of rotatable bonds is 9. The lowest BCUT2D eigenvalue weighted by atomic mass is 9.97. The fourth-order valence-electron chi connectivity index (χ4n) is 2.80. The van der Waals surface area contributed by atoms with Gasteiger partial charge in [0.2, 0.25) is 5.91 Å². The Morgan fingerprint density at radius 2 is 1.89 bits per heavy atom. The van der Waals surface area contributed by atoms with Crippen molar-refractivity contribution in [2.24, 2.45) is 23.5 Å². The number of hydrogen-bond donors (Lipinski definition) is 3. The summed E-state index contributed by atoms with van der Waals surface area (Å²) in [5.74, 6) is 2.85. The van der Waals surface area contributed by atoms with Crippen molar-refractivity contribution in [3.63, 3.8) is 0 Å². The van der Waals surface area contributed by atoms with Gasteiger partial charge in [-0.15, -0.1) is 0 Å². The second-order valence-electron chi connectivity index (χ2n) is 5.84. The lowest BCUT2D eigenvalue weighted by Gasteiger charge is -2.21. The molecule has 0 saturated heterocycles. The molecule has 2 rings (SSSR count). The third-order valence-corrected chi connectivity index (χ3v) is 4.19. The van der Waals surface area contributed by atoms with Gasteiger partial charge in [-0.25, -0.2) is 0 Å². The van der Waals surface area contributed by atoms with Crippen molar-refractivity contribution < 1.29 is 4.79 Å². The van der Waals surface area contributed by atoms with Crippen LogP contribution >= 0.6 is 0 Å². The average molecular weight is 253 g/mol. The molecule has 0 aromatic heterocycles. The van der Waals surface area contributed by atoms with Gasteiger partial charge in [0.05, 0.1) is 0 Å². The van der Waals surface area contributed by atoms with Crippen molar-refractivity contribution in [2.75, 3.05) is 19.6 Å². The summed E-state index contributed by atoms with van der Waals surface area (Å²) in [5.41, 5.74) is 5.74. The molecule has 4 N–H and O–H groups in total. The van der Waals surface area contributed by atoms with E-state index in [2.05, 4.69) is 10.6 Å². The predicted molar refractivity (Wildman–Crippen MR) is 73.1 cm³/mol. The van der Waals surface area contributed by atoms with E-state index < -0.39 is 0 Å². The van der Waals surface area contributed by atoms with E-state index in [4.69, 9.17) is 5.73 Å². The number of hydrogen-bond acceptors (Lipinski definition) is 3. The molecule has 0 radical (unpaired) electrons. The number of carbonyl (C=O) groups is 1. The van der Waals surface area contributed by atoms with Crippen LogP contribution in [-0.2, 0) is 4.79 Å². The van der Waals surface area contributed by atoms with Crippen LogP contribution in [0.4, 0.5) is 0 Å². The molecule has 0 heterocycles. The number of amides is 1. The van der Waals surface area contributed by atoms with E-state index in [9.17, 15) is 4.79 Å². The molecule has 1 unspecified atom stereocenters. The van der Waals surface area contributed by atoms with Crippen LogP contribution in [0.2, 0.25) is 0 Å². The summed E-state index contributed by atoms with van der Waals surface area (Å²) < 4.78 is 0. The first-order valence-corrected chi connectivity index (χ1v) is 7.44. The molecule has 0 bridgehead atoms. The molecule has 2 aliphatic carbocycles. The zero-order valence-corrected chi connectivity index (χ0v) is 11.5. The van der Waals surface area contributed by atoms with E-state index in [1.54, 1.807) is 0 Å². The summed E-state index contributed by atoms with van der Waals surface area (Å²) in [7, 11) is 0. The topological polar surface area (TPSA) is 67.2 Å². The Labute approximate surface area is 110 Å². The van der Waals surface area contributed by atoms with E-state index in [0.717, 1.165) is 24.3 Å². The molecule has 18 heavy (non-hydrogen) atoms. The Morgan fingerprint density at radius 3 is 2.33 bits per heavy atom. The van der Waals surface area contributed by atoms with Gasteiger partial charge in [0.1, 0.15) is 0 Å². The summed E-state index contributed by atoms with van der Waals surface area (Å²) in [6, 6.07) is 0.136. The van der Waals surface area contributed by atoms with Gasteiger partial charge in [-0.1, -0.05) is 0 Å². The monoisotopic (exact) mass is 253 g/mol. The molecule has 0 aliphatic heterocycles. The lowest BCUT2D eigenvalue weighted by molar-refractivity contribution is -0.121. The Hall–Kier alpha value is -0.610. The van der Waals surface area contributed by atoms with Crippen LogP contribution in [0.15, 0.2) is 0 Å². The second-order valence-corrected chi connectivity index (χ2v) is 5.84. The summed E-state index contributed by atoms with van der Waals surface area (Å²) in [6.45, 7) is 4.23. The first kappa shape index (κ1) is 13.8.